The topological polar surface area (TPSA) is 91.3 Å². The largest absolute Gasteiger partial charge is 0.487 e. The third-order valence-electron chi connectivity index (χ3n) is 2.89. The van der Waals surface area contributed by atoms with Crippen molar-refractivity contribution < 1.29 is 9.66 Å². The van der Waals surface area contributed by atoms with E-state index in [-0.39, 0.29) is 12.3 Å². The molecule has 2 aromatic rings. The Morgan fingerprint density at radius 2 is 2.05 bits per heavy atom. The number of nitrogens with two attached hydrogens (primary N) is 1. The van der Waals surface area contributed by atoms with Gasteiger partial charge in [-0.2, -0.15) is 0 Å². The Bertz CT molecular complexity index is 656. The molecule has 0 aliphatic rings. The molecule has 0 bridgehead atoms. The van der Waals surface area contributed by atoms with E-state index in [0.29, 0.717) is 22.8 Å². The molecule has 0 fully saturated rings. The number of benzene rings is 1. The molecule has 0 aliphatic heterocycles. The van der Waals surface area contributed by atoms with Crippen molar-refractivity contribution in [1.29, 1.82) is 0 Å². The van der Waals surface area contributed by atoms with E-state index < -0.39 is 4.92 Å². The number of nitrogen functional groups attached to an aromatic ring is 1. The number of hydrogen-bond acceptors (Lipinski definition) is 5. The van der Waals surface area contributed by atoms with Gasteiger partial charge in [0.15, 0.2) is 0 Å². The van der Waals surface area contributed by atoms with Crippen LogP contribution < -0.4 is 10.5 Å². The summed E-state index contributed by atoms with van der Waals surface area (Å²) in [4.78, 5) is 14.6. The number of ether oxygens (including phenoxy) is 1. The molecule has 1 aromatic carbocycles. The van der Waals surface area contributed by atoms with Crippen LogP contribution in [0, 0.1) is 24.0 Å². The van der Waals surface area contributed by atoms with Crippen LogP contribution >= 0.6 is 0 Å². The maximum absolute atomic E-state index is 10.9. The Morgan fingerprint density at radius 3 is 2.70 bits per heavy atom. The summed E-state index contributed by atoms with van der Waals surface area (Å²) in [7, 11) is 0. The van der Waals surface area contributed by atoms with E-state index in [1.807, 2.05) is 6.92 Å². The minimum absolute atomic E-state index is 0.0473. The molecule has 0 radical (unpaired) electrons. The maximum atomic E-state index is 10.9. The van der Waals surface area contributed by atoms with E-state index in [1.54, 1.807) is 31.2 Å². The van der Waals surface area contributed by atoms with Crippen LogP contribution in [0.5, 0.6) is 5.75 Å². The van der Waals surface area contributed by atoms with Gasteiger partial charge in [-0.25, -0.2) is 4.98 Å². The van der Waals surface area contributed by atoms with E-state index in [1.165, 1.54) is 6.07 Å². The molecule has 0 amide bonds. The minimum Gasteiger partial charge on any atom is -0.487 e. The van der Waals surface area contributed by atoms with Crippen molar-refractivity contribution in [3.8, 4) is 5.75 Å². The molecule has 0 atom stereocenters. The number of nitro groups is 1. The summed E-state index contributed by atoms with van der Waals surface area (Å²) in [6, 6.07) is 8.43. The number of nitro benzene ring substituents is 1. The van der Waals surface area contributed by atoms with Crippen molar-refractivity contribution in [3.63, 3.8) is 0 Å². The van der Waals surface area contributed by atoms with Crippen molar-refractivity contribution in [1.82, 2.24) is 4.98 Å². The minimum atomic E-state index is -0.416. The zero-order valence-corrected chi connectivity index (χ0v) is 11.3. The SMILES string of the molecule is Cc1cc(C)c([N+](=O)[O-])cc1OCc1cccc(N)n1. The fourth-order valence-corrected chi connectivity index (χ4v) is 1.90. The van der Waals surface area contributed by atoms with Crippen molar-refractivity contribution in [3.05, 3.63) is 57.3 Å². The summed E-state index contributed by atoms with van der Waals surface area (Å²) in [6.07, 6.45) is 0. The third-order valence-corrected chi connectivity index (χ3v) is 2.89. The van der Waals surface area contributed by atoms with Crippen molar-refractivity contribution >= 4 is 11.5 Å². The van der Waals surface area contributed by atoms with Gasteiger partial charge in [-0.1, -0.05) is 6.07 Å². The zero-order valence-electron chi connectivity index (χ0n) is 11.3. The van der Waals surface area contributed by atoms with Crippen LogP contribution in [0.2, 0.25) is 0 Å². The fraction of sp³-hybridized carbons (Fsp3) is 0.214. The smallest absolute Gasteiger partial charge is 0.276 e. The van der Waals surface area contributed by atoms with Gasteiger partial charge >= 0.3 is 0 Å². The van der Waals surface area contributed by atoms with E-state index in [2.05, 4.69) is 4.98 Å². The molecule has 20 heavy (non-hydrogen) atoms. The predicted molar refractivity (Wildman–Crippen MR) is 75.6 cm³/mol. The summed E-state index contributed by atoms with van der Waals surface area (Å²) in [5.74, 6) is 0.893. The Hall–Kier alpha value is -2.63. The molecule has 0 unspecified atom stereocenters. The van der Waals surface area contributed by atoms with Crippen LogP contribution in [-0.2, 0) is 6.61 Å². The van der Waals surface area contributed by atoms with Crippen LogP contribution in [0.15, 0.2) is 30.3 Å². The first-order chi connectivity index (χ1) is 9.47. The van der Waals surface area contributed by atoms with Crippen LogP contribution in [0.25, 0.3) is 0 Å². The van der Waals surface area contributed by atoms with E-state index >= 15 is 0 Å². The van der Waals surface area contributed by atoms with Gasteiger partial charge in [0.1, 0.15) is 18.2 Å². The molecule has 6 nitrogen and oxygen atoms in total. The Balaban J connectivity index is 2.21. The van der Waals surface area contributed by atoms with Gasteiger partial charge in [-0.3, -0.25) is 10.1 Å². The molecule has 1 heterocycles. The van der Waals surface area contributed by atoms with Crippen molar-refractivity contribution in [2.45, 2.75) is 20.5 Å². The number of hydrogen-bond donors (Lipinski definition) is 1. The molecular formula is C14H15N3O3. The highest BCUT2D eigenvalue weighted by atomic mass is 16.6. The van der Waals surface area contributed by atoms with E-state index in [9.17, 15) is 10.1 Å². The normalized spacial score (nSPS) is 10.3. The second kappa shape index (κ2) is 5.56. The van der Waals surface area contributed by atoms with E-state index in [0.717, 1.165) is 5.56 Å². The van der Waals surface area contributed by atoms with E-state index in [4.69, 9.17) is 10.5 Å². The molecule has 2 rings (SSSR count). The molecule has 6 heteroatoms. The number of rotatable bonds is 4. The Kier molecular flexibility index (Phi) is 3.84. The summed E-state index contributed by atoms with van der Waals surface area (Å²) >= 11 is 0. The van der Waals surface area contributed by atoms with Crippen molar-refractivity contribution in [2.24, 2.45) is 0 Å². The highest BCUT2D eigenvalue weighted by molar-refractivity contribution is 5.49. The van der Waals surface area contributed by atoms with Gasteiger partial charge in [-0.05, 0) is 37.6 Å². The third kappa shape index (κ3) is 3.03. The molecule has 104 valence electrons. The number of aryl methyl sites for hydroxylation is 2. The first-order valence-corrected chi connectivity index (χ1v) is 6.07. The Morgan fingerprint density at radius 1 is 1.30 bits per heavy atom. The highest BCUT2D eigenvalue weighted by Gasteiger charge is 2.14. The second-order valence-electron chi connectivity index (χ2n) is 4.50. The van der Waals surface area contributed by atoms with Gasteiger partial charge in [-0.15, -0.1) is 0 Å². The number of aromatic nitrogens is 1. The molecule has 0 saturated heterocycles. The molecule has 1 aromatic heterocycles. The lowest BCUT2D eigenvalue weighted by atomic mass is 10.1. The van der Waals surface area contributed by atoms with Crippen LogP contribution in [-0.4, -0.2) is 9.91 Å². The van der Waals surface area contributed by atoms with Crippen molar-refractivity contribution in [2.75, 3.05) is 5.73 Å². The van der Waals surface area contributed by atoms with Gasteiger partial charge in [0.25, 0.3) is 5.69 Å². The van der Waals surface area contributed by atoms with Crippen LogP contribution in [0.3, 0.4) is 0 Å². The lowest BCUT2D eigenvalue weighted by Crippen LogP contribution is -2.02. The van der Waals surface area contributed by atoms with Gasteiger partial charge in [0.05, 0.1) is 16.7 Å². The second-order valence-corrected chi connectivity index (χ2v) is 4.50. The first kappa shape index (κ1) is 13.8. The monoisotopic (exact) mass is 273 g/mol. The quantitative estimate of drug-likeness (QED) is 0.683. The number of nitrogens with zero attached hydrogens (tertiary/aromatic N) is 2. The molecular weight excluding hydrogens is 258 g/mol. The van der Waals surface area contributed by atoms with Crippen LogP contribution in [0.1, 0.15) is 16.8 Å². The highest BCUT2D eigenvalue weighted by Crippen LogP contribution is 2.28. The predicted octanol–water partition coefficient (Wildman–Crippen LogP) is 2.77. The summed E-state index contributed by atoms with van der Waals surface area (Å²) in [6.45, 7) is 3.76. The Labute approximate surface area is 116 Å². The standard InChI is InChI=1S/C14H15N3O3/c1-9-6-10(2)13(7-12(9)17(18)19)20-8-11-4-3-5-14(15)16-11/h3-7H,8H2,1-2H3,(H2,15,16). The van der Waals surface area contributed by atoms with Gasteiger partial charge < -0.3 is 10.5 Å². The molecule has 0 saturated carbocycles. The lowest BCUT2D eigenvalue weighted by Gasteiger charge is -2.10. The van der Waals surface area contributed by atoms with Gasteiger partial charge in [0, 0.05) is 5.56 Å². The first-order valence-electron chi connectivity index (χ1n) is 6.07. The van der Waals surface area contributed by atoms with Crippen LogP contribution in [0.4, 0.5) is 11.5 Å². The molecule has 2 N–H and O–H groups in total. The number of pyridine rings is 1. The number of anilines is 1. The zero-order chi connectivity index (χ0) is 14.7. The average molecular weight is 273 g/mol. The maximum Gasteiger partial charge on any atom is 0.276 e. The van der Waals surface area contributed by atoms with Gasteiger partial charge in [0.2, 0.25) is 0 Å². The summed E-state index contributed by atoms with van der Waals surface area (Å²) < 4.78 is 5.60. The lowest BCUT2D eigenvalue weighted by molar-refractivity contribution is -0.385. The summed E-state index contributed by atoms with van der Waals surface area (Å²) in [5.41, 5.74) is 7.76. The molecule has 0 spiro atoms. The fourth-order valence-electron chi connectivity index (χ4n) is 1.90. The summed E-state index contributed by atoms with van der Waals surface area (Å²) in [5, 5.41) is 10.9. The molecule has 0 aliphatic carbocycles. The average Bonchev–Trinajstić information content (AvgIpc) is 2.37.